The van der Waals surface area contributed by atoms with E-state index in [2.05, 4.69) is 10.0 Å². The maximum atomic E-state index is 12.3. The highest BCUT2D eigenvalue weighted by molar-refractivity contribution is 7.89. The van der Waals surface area contributed by atoms with Gasteiger partial charge < -0.3 is 14.8 Å². The van der Waals surface area contributed by atoms with Gasteiger partial charge >= 0.3 is 0 Å². The Hall–Kier alpha value is -0.860. The smallest absolute Gasteiger partial charge is 0.240 e. The minimum absolute atomic E-state index is 0. The normalized spacial score (nSPS) is 18.2. The zero-order valence-electron chi connectivity index (χ0n) is 13.3. The molecule has 132 valence electrons. The highest BCUT2D eigenvalue weighted by atomic mass is 35.5. The standard InChI is InChI=1S/C15H24N2O4S.ClH/c1-20-9-10-21-14-4-6-15(7-5-14)22(18,19)17-12-13-3-2-8-16-11-13;/h4-7,13,16-17H,2-3,8-12H2,1H3;1H. The lowest BCUT2D eigenvalue weighted by molar-refractivity contribution is 0.146. The van der Waals surface area contributed by atoms with Crippen molar-refractivity contribution >= 4 is 22.4 Å². The summed E-state index contributed by atoms with van der Waals surface area (Å²) in [6, 6.07) is 6.44. The molecule has 8 heteroatoms. The molecule has 6 nitrogen and oxygen atoms in total. The molecule has 1 fully saturated rings. The lowest BCUT2D eigenvalue weighted by atomic mass is 10.0. The lowest BCUT2D eigenvalue weighted by Crippen LogP contribution is -2.38. The predicted molar refractivity (Wildman–Crippen MR) is 91.8 cm³/mol. The van der Waals surface area contributed by atoms with Crippen LogP contribution in [0.3, 0.4) is 0 Å². The Bertz CT molecular complexity index is 545. The molecule has 0 amide bonds. The Kier molecular flexibility index (Phi) is 8.86. The average Bonchev–Trinajstić information content (AvgIpc) is 2.55. The molecule has 23 heavy (non-hydrogen) atoms. The molecule has 0 aromatic heterocycles. The number of hydrogen-bond donors (Lipinski definition) is 2. The molecule has 0 spiro atoms. The van der Waals surface area contributed by atoms with Crippen LogP contribution in [0.5, 0.6) is 5.75 Å². The molecule has 1 aliphatic rings. The van der Waals surface area contributed by atoms with E-state index < -0.39 is 10.0 Å². The van der Waals surface area contributed by atoms with Crippen molar-refractivity contribution in [2.45, 2.75) is 17.7 Å². The third-order valence-corrected chi connectivity index (χ3v) is 5.09. The third kappa shape index (κ3) is 6.64. The van der Waals surface area contributed by atoms with Gasteiger partial charge in [-0.05, 0) is 56.1 Å². The molecule has 1 unspecified atom stereocenters. The largest absolute Gasteiger partial charge is 0.491 e. The summed E-state index contributed by atoms with van der Waals surface area (Å²) >= 11 is 0. The number of piperidine rings is 1. The van der Waals surface area contributed by atoms with Crippen LogP contribution in [0.25, 0.3) is 0 Å². The van der Waals surface area contributed by atoms with Gasteiger partial charge in [0.2, 0.25) is 10.0 Å². The fourth-order valence-electron chi connectivity index (χ4n) is 2.37. The molecule has 0 bridgehead atoms. The first-order valence-electron chi connectivity index (χ1n) is 7.54. The SMILES string of the molecule is COCCOc1ccc(S(=O)(=O)NCC2CCCNC2)cc1.Cl. The zero-order chi connectivity index (χ0) is 15.8. The molecule has 1 saturated heterocycles. The van der Waals surface area contributed by atoms with Gasteiger partial charge in [0.15, 0.2) is 0 Å². The Morgan fingerprint density at radius 3 is 2.61 bits per heavy atom. The van der Waals surface area contributed by atoms with E-state index in [9.17, 15) is 8.42 Å². The molecule has 0 radical (unpaired) electrons. The summed E-state index contributed by atoms with van der Waals surface area (Å²) in [7, 11) is -1.86. The molecule has 1 aromatic rings. The summed E-state index contributed by atoms with van der Waals surface area (Å²) in [4.78, 5) is 0.260. The molecular weight excluding hydrogens is 340 g/mol. The van der Waals surface area contributed by atoms with Crippen LogP contribution in [0.4, 0.5) is 0 Å². The van der Waals surface area contributed by atoms with Crippen LogP contribution < -0.4 is 14.8 Å². The number of benzene rings is 1. The van der Waals surface area contributed by atoms with Crippen LogP contribution in [0.1, 0.15) is 12.8 Å². The maximum absolute atomic E-state index is 12.3. The van der Waals surface area contributed by atoms with Gasteiger partial charge in [-0.1, -0.05) is 0 Å². The van der Waals surface area contributed by atoms with Crippen LogP contribution in [-0.4, -0.2) is 48.4 Å². The Labute approximate surface area is 144 Å². The van der Waals surface area contributed by atoms with Gasteiger partial charge in [-0.15, -0.1) is 12.4 Å². The molecule has 1 heterocycles. The number of hydrogen-bond acceptors (Lipinski definition) is 5. The van der Waals surface area contributed by atoms with Crippen molar-refractivity contribution in [1.29, 1.82) is 0 Å². The first kappa shape index (κ1) is 20.2. The lowest BCUT2D eigenvalue weighted by Gasteiger charge is -2.22. The Balaban J connectivity index is 0.00000264. The van der Waals surface area contributed by atoms with Crippen LogP contribution in [0.15, 0.2) is 29.2 Å². The second kappa shape index (κ2) is 10.1. The van der Waals surface area contributed by atoms with E-state index in [1.165, 1.54) is 0 Å². The van der Waals surface area contributed by atoms with E-state index in [-0.39, 0.29) is 17.3 Å². The van der Waals surface area contributed by atoms with E-state index in [4.69, 9.17) is 9.47 Å². The van der Waals surface area contributed by atoms with Crippen molar-refractivity contribution in [1.82, 2.24) is 10.0 Å². The summed E-state index contributed by atoms with van der Waals surface area (Å²) in [5, 5.41) is 3.28. The number of nitrogens with one attached hydrogen (secondary N) is 2. The second-order valence-electron chi connectivity index (χ2n) is 5.38. The monoisotopic (exact) mass is 364 g/mol. The van der Waals surface area contributed by atoms with Gasteiger partial charge in [-0.3, -0.25) is 0 Å². The first-order chi connectivity index (χ1) is 10.6. The summed E-state index contributed by atoms with van der Waals surface area (Å²) in [6.45, 7) is 3.30. The van der Waals surface area contributed by atoms with Crippen LogP contribution in [0, 0.1) is 5.92 Å². The molecule has 2 rings (SSSR count). The van der Waals surface area contributed by atoms with Gasteiger partial charge in [0.1, 0.15) is 12.4 Å². The molecule has 2 N–H and O–H groups in total. The second-order valence-corrected chi connectivity index (χ2v) is 7.14. The van der Waals surface area contributed by atoms with Crippen molar-refractivity contribution in [2.24, 2.45) is 5.92 Å². The Morgan fingerprint density at radius 1 is 1.26 bits per heavy atom. The number of ether oxygens (including phenoxy) is 2. The van der Waals surface area contributed by atoms with Crippen LogP contribution >= 0.6 is 12.4 Å². The van der Waals surface area contributed by atoms with Crippen molar-refractivity contribution in [3.8, 4) is 5.75 Å². The number of sulfonamides is 1. The summed E-state index contributed by atoms with van der Waals surface area (Å²) in [6.07, 6.45) is 2.15. The minimum atomic E-state index is -3.46. The molecule has 0 aliphatic carbocycles. The zero-order valence-corrected chi connectivity index (χ0v) is 14.9. The van der Waals surface area contributed by atoms with E-state index in [1.807, 2.05) is 0 Å². The predicted octanol–water partition coefficient (Wildman–Crippen LogP) is 1.41. The molecule has 1 aliphatic heterocycles. The van der Waals surface area contributed by atoms with Crippen LogP contribution in [0.2, 0.25) is 0 Å². The van der Waals surface area contributed by atoms with Gasteiger partial charge in [0.25, 0.3) is 0 Å². The van der Waals surface area contributed by atoms with Crippen LogP contribution in [-0.2, 0) is 14.8 Å². The summed E-state index contributed by atoms with van der Waals surface area (Å²) in [5.74, 6) is 0.993. The molecule has 1 aromatic carbocycles. The Morgan fingerprint density at radius 2 is 2.00 bits per heavy atom. The molecule has 1 atom stereocenters. The van der Waals surface area contributed by atoms with E-state index >= 15 is 0 Å². The van der Waals surface area contributed by atoms with E-state index in [1.54, 1.807) is 31.4 Å². The van der Waals surface area contributed by atoms with Crippen molar-refractivity contribution in [3.63, 3.8) is 0 Å². The van der Waals surface area contributed by atoms with Gasteiger partial charge in [0.05, 0.1) is 11.5 Å². The minimum Gasteiger partial charge on any atom is -0.491 e. The topological polar surface area (TPSA) is 76.7 Å². The number of rotatable bonds is 8. The first-order valence-corrected chi connectivity index (χ1v) is 9.02. The summed E-state index contributed by atoms with van der Waals surface area (Å²) < 4.78 is 37.5. The van der Waals surface area contributed by atoms with Gasteiger partial charge in [-0.2, -0.15) is 0 Å². The van der Waals surface area contributed by atoms with Crippen molar-refractivity contribution in [3.05, 3.63) is 24.3 Å². The van der Waals surface area contributed by atoms with Crippen molar-refractivity contribution < 1.29 is 17.9 Å². The average molecular weight is 365 g/mol. The van der Waals surface area contributed by atoms with E-state index in [0.717, 1.165) is 25.9 Å². The highest BCUT2D eigenvalue weighted by Gasteiger charge is 2.18. The third-order valence-electron chi connectivity index (χ3n) is 3.65. The number of halogens is 1. The summed E-state index contributed by atoms with van der Waals surface area (Å²) in [5.41, 5.74) is 0. The number of methoxy groups -OCH3 is 1. The van der Waals surface area contributed by atoms with Gasteiger partial charge in [-0.25, -0.2) is 13.1 Å². The fourth-order valence-corrected chi connectivity index (χ4v) is 3.48. The quantitative estimate of drug-likeness (QED) is 0.682. The highest BCUT2D eigenvalue weighted by Crippen LogP contribution is 2.16. The van der Waals surface area contributed by atoms with E-state index in [0.29, 0.717) is 31.4 Å². The van der Waals surface area contributed by atoms with Gasteiger partial charge in [0, 0.05) is 13.7 Å². The maximum Gasteiger partial charge on any atom is 0.240 e. The van der Waals surface area contributed by atoms with Crippen molar-refractivity contribution in [2.75, 3.05) is 40.0 Å². The fraction of sp³-hybridized carbons (Fsp3) is 0.600. The molecular formula is C15H25ClN2O4S. The molecule has 0 saturated carbocycles.